The predicted molar refractivity (Wildman–Crippen MR) is 76.6 cm³/mol. The van der Waals surface area contributed by atoms with Gasteiger partial charge in [0.15, 0.2) is 5.82 Å². The summed E-state index contributed by atoms with van der Waals surface area (Å²) >= 11 is 18.1. The molecule has 2 nitrogen and oxygen atoms in total. The van der Waals surface area contributed by atoms with Crippen LogP contribution in [-0.4, -0.2) is 9.97 Å². The van der Waals surface area contributed by atoms with Crippen molar-refractivity contribution in [3.63, 3.8) is 0 Å². The smallest absolute Gasteiger partial charge is 0.162 e. The number of hydrogen-bond acceptors (Lipinski definition) is 2. The molecule has 0 saturated carbocycles. The number of aromatic nitrogens is 2. The van der Waals surface area contributed by atoms with E-state index < -0.39 is 0 Å². The molecule has 0 spiro atoms. The molecular weight excluding hydrogens is 291 g/mol. The average Bonchev–Trinajstić information content (AvgIpc) is 2.28. The summed E-state index contributed by atoms with van der Waals surface area (Å²) in [6.07, 6.45) is 0. The van der Waals surface area contributed by atoms with Crippen molar-refractivity contribution in [1.82, 2.24) is 9.97 Å². The molecule has 0 aliphatic rings. The van der Waals surface area contributed by atoms with Gasteiger partial charge in [-0.15, -0.1) is 0 Å². The van der Waals surface area contributed by atoms with Crippen LogP contribution in [0.2, 0.25) is 15.3 Å². The van der Waals surface area contributed by atoms with Gasteiger partial charge in [0, 0.05) is 16.1 Å². The van der Waals surface area contributed by atoms with Crippen molar-refractivity contribution in [2.24, 2.45) is 0 Å². The lowest BCUT2D eigenvalue weighted by Gasteiger charge is -2.10. The number of rotatable bonds is 2. The molecule has 0 saturated heterocycles. The summed E-state index contributed by atoms with van der Waals surface area (Å²) in [7, 11) is 0. The molecule has 0 aliphatic carbocycles. The summed E-state index contributed by atoms with van der Waals surface area (Å²) in [4.78, 5) is 8.56. The Kier molecular flexibility index (Phi) is 4.10. The third-order valence-electron chi connectivity index (χ3n) is 2.53. The SMILES string of the molecule is CC(C)c1c(Cl)nc(-c2ccc(Cl)cc2)nc1Cl. The Labute approximate surface area is 121 Å². The van der Waals surface area contributed by atoms with Crippen molar-refractivity contribution in [3.05, 3.63) is 45.2 Å². The lowest BCUT2D eigenvalue weighted by atomic mass is 10.1. The van der Waals surface area contributed by atoms with E-state index in [4.69, 9.17) is 34.8 Å². The van der Waals surface area contributed by atoms with E-state index in [2.05, 4.69) is 9.97 Å². The molecule has 2 aromatic rings. The highest BCUT2D eigenvalue weighted by molar-refractivity contribution is 6.34. The Morgan fingerprint density at radius 3 is 1.83 bits per heavy atom. The van der Waals surface area contributed by atoms with Gasteiger partial charge in [0.2, 0.25) is 0 Å². The van der Waals surface area contributed by atoms with Gasteiger partial charge < -0.3 is 0 Å². The molecule has 18 heavy (non-hydrogen) atoms. The van der Waals surface area contributed by atoms with Crippen molar-refractivity contribution < 1.29 is 0 Å². The van der Waals surface area contributed by atoms with Crippen molar-refractivity contribution in [3.8, 4) is 11.4 Å². The molecule has 0 radical (unpaired) electrons. The summed E-state index contributed by atoms with van der Waals surface area (Å²) in [6, 6.07) is 7.22. The molecule has 0 aliphatic heterocycles. The van der Waals surface area contributed by atoms with Crippen LogP contribution in [0.3, 0.4) is 0 Å². The first kappa shape index (κ1) is 13.6. The van der Waals surface area contributed by atoms with E-state index in [-0.39, 0.29) is 5.92 Å². The van der Waals surface area contributed by atoms with Crippen LogP contribution in [0.4, 0.5) is 0 Å². The number of benzene rings is 1. The first-order chi connectivity index (χ1) is 8.49. The maximum absolute atomic E-state index is 6.15. The highest BCUT2D eigenvalue weighted by Crippen LogP contribution is 2.31. The maximum Gasteiger partial charge on any atom is 0.162 e. The molecule has 0 unspecified atom stereocenters. The average molecular weight is 302 g/mol. The van der Waals surface area contributed by atoms with E-state index >= 15 is 0 Å². The molecule has 0 bridgehead atoms. The van der Waals surface area contributed by atoms with Gasteiger partial charge in [-0.25, -0.2) is 9.97 Å². The highest BCUT2D eigenvalue weighted by atomic mass is 35.5. The Morgan fingerprint density at radius 2 is 1.39 bits per heavy atom. The topological polar surface area (TPSA) is 25.8 Å². The van der Waals surface area contributed by atoms with Crippen molar-refractivity contribution >= 4 is 34.8 Å². The lowest BCUT2D eigenvalue weighted by molar-refractivity contribution is 0.848. The molecule has 0 fully saturated rings. The molecule has 1 heterocycles. The fourth-order valence-corrected chi connectivity index (χ4v) is 2.57. The van der Waals surface area contributed by atoms with E-state index in [1.54, 1.807) is 12.1 Å². The fourth-order valence-electron chi connectivity index (χ4n) is 1.62. The van der Waals surface area contributed by atoms with Crippen LogP contribution in [0.5, 0.6) is 0 Å². The summed E-state index contributed by atoms with van der Waals surface area (Å²) in [6.45, 7) is 4.00. The molecule has 1 aromatic heterocycles. The first-order valence-corrected chi connectivity index (χ1v) is 6.61. The maximum atomic E-state index is 6.15. The van der Waals surface area contributed by atoms with Crippen LogP contribution in [0.25, 0.3) is 11.4 Å². The monoisotopic (exact) mass is 300 g/mol. The zero-order valence-electron chi connectivity index (χ0n) is 9.92. The van der Waals surface area contributed by atoms with E-state index in [1.165, 1.54) is 0 Å². The van der Waals surface area contributed by atoms with Gasteiger partial charge in [-0.2, -0.15) is 0 Å². The normalized spacial score (nSPS) is 11.0. The predicted octanol–water partition coefficient (Wildman–Crippen LogP) is 5.23. The van der Waals surface area contributed by atoms with E-state index in [9.17, 15) is 0 Å². The third-order valence-corrected chi connectivity index (χ3v) is 3.36. The van der Waals surface area contributed by atoms with Crippen LogP contribution in [0, 0.1) is 0 Å². The Balaban J connectivity index is 2.51. The summed E-state index contributed by atoms with van der Waals surface area (Å²) in [5, 5.41) is 1.46. The third kappa shape index (κ3) is 2.77. The second kappa shape index (κ2) is 5.43. The van der Waals surface area contributed by atoms with Gasteiger partial charge in [0.05, 0.1) is 0 Å². The molecular formula is C13H11Cl3N2. The molecule has 5 heteroatoms. The molecule has 94 valence electrons. The highest BCUT2D eigenvalue weighted by Gasteiger charge is 2.15. The minimum Gasteiger partial charge on any atom is -0.216 e. The zero-order chi connectivity index (χ0) is 13.3. The fraction of sp³-hybridized carbons (Fsp3) is 0.231. The van der Waals surface area contributed by atoms with E-state index in [0.29, 0.717) is 21.2 Å². The molecule has 0 amide bonds. The van der Waals surface area contributed by atoms with Crippen molar-refractivity contribution in [1.29, 1.82) is 0 Å². The van der Waals surface area contributed by atoms with Crippen LogP contribution in [-0.2, 0) is 0 Å². The van der Waals surface area contributed by atoms with Gasteiger partial charge in [-0.1, -0.05) is 48.7 Å². The summed E-state index contributed by atoms with van der Waals surface area (Å²) < 4.78 is 0. The van der Waals surface area contributed by atoms with Gasteiger partial charge in [0.1, 0.15) is 10.3 Å². The second-order valence-electron chi connectivity index (χ2n) is 4.20. The summed E-state index contributed by atoms with van der Waals surface area (Å²) in [5.41, 5.74) is 1.61. The quantitative estimate of drug-likeness (QED) is 0.710. The summed E-state index contributed by atoms with van der Waals surface area (Å²) in [5.74, 6) is 0.690. The largest absolute Gasteiger partial charge is 0.216 e. The molecule has 0 atom stereocenters. The van der Waals surface area contributed by atoms with Crippen LogP contribution >= 0.6 is 34.8 Å². The number of halogens is 3. The van der Waals surface area contributed by atoms with Gasteiger partial charge in [-0.05, 0) is 30.2 Å². The molecule has 1 aromatic carbocycles. The van der Waals surface area contributed by atoms with Crippen molar-refractivity contribution in [2.75, 3.05) is 0 Å². The van der Waals surface area contributed by atoms with Crippen molar-refractivity contribution in [2.45, 2.75) is 19.8 Å². The Bertz CT molecular complexity index is 542. The number of nitrogens with zero attached hydrogens (tertiary/aromatic N) is 2. The van der Waals surface area contributed by atoms with E-state index in [1.807, 2.05) is 26.0 Å². The first-order valence-electron chi connectivity index (χ1n) is 5.48. The van der Waals surface area contributed by atoms with Crippen LogP contribution in [0.1, 0.15) is 25.3 Å². The number of hydrogen-bond donors (Lipinski definition) is 0. The minimum atomic E-state index is 0.185. The zero-order valence-corrected chi connectivity index (χ0v) is 12.2. The molecule has 2 rings (SSSR count). The van der Waals surface area contributed by atoms with Gasteiger partial charge in [0.25, 0.3) is 0 Å². The van der Waals surface area contributed by atoms with Crippen LogP contribution in [0.15, 0.2) is 24.3 Å². The van der Waals surface area contributed by atoms with Crippen LogP contribution < -0.4 is 0 Å². The van der Waals surface area contributed by atoms with Gasteiger partial charge in [-0.3, -0.25) is 0 Å². The van der Waals surface area contributed by atoms with Gasteiger partial charge >= 0.3 is 0 Å². The lowest BCUT2D eigenvalue weighted by Crippen LogP contribution is -1.99. The molecule has 0 N–H and O–H groups in total. The Morgan fingerprint density at radius 1 is 0.889 bits per heavy atom. The second-order valence-corrected chi connectivity index (χ2v) is 5.36. The minimum absolute atomic E-state index is 0.185. The Hall–Kier alpha value is -0.830. The standard InChI is InChI=1S/C13H11Cl3N2/c1-7(2)10-11(15)17-13(18-12(10)16)8-3-5-9(14)6-4-8/h3-7H,1-2H3. The van der Waals surface area contributed by atoms with E-state index in [0.717, 1.165) is 11.1 Å².